The molecule has 0 spiro atoms. The van der Waals surface area contributed by atoms with Crippen molar-refractivity contribution in [1.82, 2.24) is 0 Å². The van der Waals surface area contributed by atoms with Gasteiger partial charge in [-0.05, 0) is 42.0 Å². The summed E-state index contributed by atoms with van der Waals surface area (Å²) in [7, 11) is 2.02. The summed E-state index contributed by atoms with van der Waals surface area (Å²) >= 11 is 0. The summed E-state index contributed by atoms with van der Waals surface area (Å²) in [5, 5.41) is 8.76. The van der Waals surface area contributed by atoms with Gasteiger partial charge in [0.25, 0.3) is 0 Å². The van der Waals surface area contributed by atoms with Crippen LogP contribution in [-0.2, 0) is 6.54 Å². The number of rotatable bonds is 3. The number of nitrogens with two attached hydrogens (primary N) is 1. The second-order valence-electron chi connectivity index (χ2n) is 4.26. The maximum Gasteiger partial charge on any atom is 0.0991 e. The molecule has 0 saturated carbocycles. The molecular weight excluding hydrogens is 222 g/mol. The Morgan fingerprint density at radius 2 is 1.89 bits per heavy atom. The normalized spacial score (nSPS) is 9.78. The van der Waals surface area contributed by atoms with Crippen LogP contribution in [0.15, 0.2) is 48.5 Å². The highest BCUT2D eigenvalue weighted by molar-refractivity contribution is 5.50. The van der Waals surface area contributed by atoms with Crippen LogP contribution in [0.25, 0.3) is 0 Å². The van der Waals surface area contributed by atoms with Crippen LogP contribution in [0.4, 0.5) is 11.4 Å². The van der Waals surface area contributed by atoms with Crippen LogP contribution in [0, 0.1) is 11.3 Å². The Morgan fingerprint density at radius 3 is 2.50 bits per heavy atom. The summed E-state index contributed by atoms with van der Waals surface area (Å²) in [5.74, 6) is 0. The van der Waals surface area contributed by atoms with Gasteiger partial charge in [-0.15, -0.1) is 0 Å². The second-order valence-corrected chi connectivity index (χ2v) is 4.26. The lowest BCUT2D eigenvalue weighted by molar-refractivity contribution is 0.923. The summed E-state index contributed by atoms with van der Waals surface area (Å²) in [6.07, 6.45) is 0. The average molecular weight is 237 g/mol. The first-order valence-electron chi connectivity index (χ1n) is 5.75. The standard InChI is InChI=1S/C15H15N3/c1-18(11-13-3-2-4-14(17)9-13)15-7-5-12(10-16)6-8-15/h2-9H,11,17H2,1H3. The van der Waals surface area contributed by atoms with Crippen LogP contribution >= 0.6 is 0 Å². The third kappa shape index (κ3) is 2.80. The van der Waals surface area contributed by atoms with Gasteiger partial charge in [0.15, 0.2) is 0 Å². The number of nitrogen functional groups attached to an aromatic ring is 1. The molecule has 0 fully saturated rings. The van der Waals surface area contributed by atoms with Crippen LogP contribution < -0.4 is 10.6 Å². The van der Waals surface area contributed by atoms with E-state index in [1.807, 2.05) is 49.5 Å². The predicted octanol–water partition coefficient (Wildman–Crippen LogP) is 2.78. The molecule has 2 aromatic rings. The molecule has 3 nitrogen and oxygen atoms in total. The minimum absolute atomic E-state index is 0.677. The van der Waals surface area contributed by atoms with Crippen molar-refractivity contribution >= 4 is 11.4 Å². The van der Waals surface area contributed by atoms with Crippen LogP contribution in [0.3, 0.4) is 0 Å². The second kappa shape index (κ2) is 5.24. The maximum absolute atomic E-state index is 8.76. The van der Waals surface area contributed by atoms with Gasteiger partial charge in [-0.25, -0.2) is 0 Å². The van der Waals surface area contributed by atoms with Gasteiger partial charge < -0.3 is 10.6 Å². The summed E-state index contributed by atoms with van der Waals surface area (Å²) in [6.45, 7) is 0.789. The van der Waals surface area contributed by atoms with Crippen molar-refractivity contribution in [2.75, 3.05) is 17.7 Å². The lowest BCUT2D eigenvalue weighted by Gasteiger charge is -2.19. The highest BCUT2D eigenvalue weighted by atomic mass is 15.1. The first kappa shape index (κ1) is 12.0. The van der Waals surface area contributed by atoms with Crippen molar-refractivity contribution in [3.05, 3.63) is 59.7 Å². The number of hydrogen-bond acceptors (Lipinski definition) is 3. The van der Waals surface area contributed by atoms with E-state index in [-0.39, 0.29) is 0 Å². The molecular formula is C15H15N3. The molecule has 2 rings (SSSR count). The SMILES string of the molecule is CN(Cc1cccc(N)c1)c1ccc(C#N)cc1. The summed E-state index contributed by atoms with van der Waals surface area (Å²) in [6, 6.07) is 17.5. The fraction of sp³-hybridized carbons (Fsp3) is 0.133. The Kier molecular flexibility index (Phi) is 3.49. The topological polar surface area (TPSA) is 53.0 Å². The Balaban J connectivity index is 2.12. The molecule has 0 heterocycles. The highest BCUT2D eigenvalue weighted by Crippen LogP contribution is 2.17. The molecule has 90 valence electrons. The minimum atomic E-state index is 0.677. The van der Waals surface area contributed by atoms with Gasteiger partial charge in [0.2, 0.25) is 0 Å². The van der Waals surface area contributed by atoms with Gasteiger partial charge in [-0.1, -0.05) is 12.1 Å². The van der Waals surface area contributed by atoms with Crippen molar-refractivity contribution in [3.63, 3.8) is 0 Å². The van der Waals surface area contributed by atoms with E-state index in [1.54, 1.807) is 0 Å². The summed E-state index contributed by atoms with van der Waals surface area (Å²) in [5.41, 5.74) is 9.46. The Bertz CT molecular complexity index is 567. The average Bonchev–Trinajstić information content (AvgIpc) is 2.39. The zero-order chi connectivity index (χ0) is 13.0. The molecule has 0 saturated heterocycles. The van der Waals surface area contributed by atoms with Crippen molar-refractivity contribution in [1.29, 1.82) is 5.26 Å². The molecule has 0 bridgehead atoms. The fourth-order valence-electron chi connectivity index (χ4n) is 1.85. The predicted molar refractivity (Wildman–Crippen MR) is 74.1 cm³/mol. The smallest absolute Gasteiger partial charge is 0.0991 e. The molecule has 2 N–H and O–H groups in total. The number of benzene rings is 2. The van der Waals surface area contributed by atoms with Gasteiger partial charge >= 0.3 is 0 Å². The molecule has 0 aromatic heterocycles. The Morgan fingerprint density at radius 1 is 1.17 bits per heavy atom. The molecule has 0 atom stereocenters. The first-order chi connectivity index (χ1) is 8.69. The number of anilines is 2. The monoisotopic (exact) mass is 237 g/mol. The van der Waals surface area contributed by atoms with E-state index in [9.17, 15) is 0 Å². The third-order valence-corrected chi connectivity index (χ3v) is 2.81. The van der Waals surface area contributed by atoms with Crippen LogP contribution in [-0.4, -0.2) is 7.05 Å². The van der Waals surface area contributed by atoms with E-state index in [1.165, 1.54) is 5.56 Å². The minimum Gasteiger partial charge on any atom is -0.399 e. The Hall–Kier alpha value is -2.47. The van der Waals surface area contributed by atoms with Crippen LogP contribution in [0.5, 0.6) is 0 Å². The zero-order valence-corrected chi connectivity index (χ0v) is 10.3. The maximum atomic E-state index is 8.76. The fourth-order valence-corrected chi connectivity index (χ4v) is 1.85. The molecule has 0 amide bonds. The van der Waals surface area contributed by atoms with E-state index in [0.29, 0.717) is 5.56 Å². The molecule has 3 heteroatoms. The largest absolute Gasteiger partial charge is 0.399 e. The Labute approximate surface area is 107 Å². The third-order valence-electron chi connectivity index (χ3n) is 2.81. The van der Waals surface area contributed by atoms with Gasteiger partial charge in [0, 0.05) is 25.0 Å². The van der Waals surface area contributed by atoms with E-state index in [0.717, 1.165) is 17.9 Å². The van der Waals surface area contributed by atoms with Gasteiger partial charge in [-0.2, -0.15) is 5.26 Å². The van der Waals surface area contributed by atoms with Crippen LogP contribution in [0.2, 0.25) is 0 Å². The molecule has 0 unspecified atom stereocenters. The van der Waals surface area contributed by atoms with E-state index < -0.39 is 0 Å². The van der Waals surface area contributed by atoms with Crippen molar-refractivity contribution in [2.45, 2.75) is 6.54 Å². The van der Waals surface area contributed by atoms with E-state index in [4.69, 9.17) is 11.0 Å². The lowest BCUT2D eigenvalue weighted by Crippen LogP contribution is -2.16. The van der Waals surface area contributed by atoms with Crippen molar-refractivity contribution < 1.29 is 0 Å². The summed E-state index contributed by atoms with van der Waals surface area (Å²) < 4.78 is 0. The number of hydrogen-bond donors (Lipinski definition) is 1. The van der Waals surface area contributed by atoms with Crippen molar-refractivity contribution in [3.8, 4) is 6.07 Å². The quantitative estimate of drug-likeness (QED) is 0.835. The van der Waals surface area contributed by atoms with Gasteiger partial charge in [-0.3, -0.25) is 0 Å². The molecule has 0 aliphatic heterocycles. The van der Waals surface area contributed by atoms with Gasteiger partial charge in [0.05, 0.1) is 11.6 Å². The molecule has 0 aliphatic rings. The molecule has 0 radical (unpaired) electrons. The highest BCUT2D eigenvalue weighted by Gasteiger charge is 2.02. The molecule has 18 heavy (non-hydrogen) atoms. The summed E-state index contributed by atoms with van der Waals surface area (Å²) in [4.78, 5) is 2.12. The lowest BCUT2D eigenvalue weighted by atomic mass is 10.1. The first-order valence-corrected chi connectivity index (χ1v) is 5.75. The van der Waals surface area contributed by atoms with E-state index >= 15 is 0 Å². The molecule has 0 aliphatic carbocycles. The molecule has 2 aromatic carbocycles. The van der Waals surface area contributed by atoms with Crippen molar-refractivity contribution in [2.24, 2.45) is 0 Å². The van der Waals surface area contributed by atoms with Gasteiger partial charge in [0.1, 0.15) is 0 Å². The zero-order valence-electron chi connectivity index (χ0n) is 10.3. The van der Waals surface area contributed by atoms with E-state index in [2.05, 4.69) is 17.0 Å². The van der Waals surface area contributed by atoms with Crippen LogP contribution in [0.1, 0.15) is 11.1 Å². The number of nitrogens with zero attached hydrogens (tertiary/aromatic N) is 2. The number of nitriles is 1.